The molecule has 0 radical (unpaired) electrons. The van der Waals surface area contributed by atoms with Crippen LogP contribution in [0.2, 0.25) is 0 Å². The number of benzene rings is 1. The quantitative estimate of drug-likeness (QED) is 0.891. The fourth-order valence-corrected chi connectivity index (χ4v) is 2.70. The second-order valence-corrected chi connectivity index (χ2v) is 5.33. The molecule has 1 saturated carbocycles. The third-order valence-electron chi connectivity index (χ3n) is 4.13. The molecule has 1 aliphatic rings. The summed E-state index contributed by atoms with van der Waals surface area (Å²) in [5, 5.41) is 9.58. The van der Waals surface area contributed by atoms with E-state index >= 15 is 0 Å². The first-order chi connectivity index (χ1) is 9.16. The fraction of sp³-hybridized carbons (Fsp3) is 0.400. The van der Waals surface area contributed by atoms with Gasteiger partial charge in [0.15, 0.2) is 0 Å². The summed E-state index contributed by atoms with van der Waals surface area (Å²) < 4.78 is 13.8. The van der Waals surface area contributed by atoms with Gasteiger partial charge in [0.25, 0.3) is 0 Å². The van der Waals surface area contributed by atoms with Crippen LogP contribution in [-0.4, -0.2) is 21.7 Å². The zero-order chi connectivity index (χ0) is 13.5. The molecule has 0 amide bonds. The number of imidazole rings is 1. The van der Waals surface area contributed by atoms with Crippen LogP contribution in [0.15, 0.2) is 24.3 Å². The molecule has 0 bridgehead atoms. The van der Waals surface area contributed by atoms with E-state index in [1.807, 2.05) is 6.92 Å². The molecular weight excluding hydrogens is 243 g/mol. The van der Waals surface area contributed by atoms with Crippen molar-refractivity contribution in [2.45, 2.75) is 31.6 Å². The Labute approximate surface area is 111 Å². The van der Waals surface area contributed by atoms with Crippen molar-refractivity contribution in [2.24, 2.45) is 0 Å². The number of nitrogens with one attached hydrogen (secondary N) is 1. The molecule has 0 spiro atoms. The first kappa shape index (κ1) is 12.4. The van der Waals surface area contributed by atoms with E-state index < -0.39 is 0 Å². The summed E-state index contributed by atoms with van der Waals surface area (Å²) in [7, 11) is 0. The molecule has 0 aliphatic heterocycles. The summed E-state index contributed by atoms with van der Waals surface area (Å²) in [5.74, 6) is 0.521. The minimum Gasteiger partial charge on any atom is -0.395 e. The lowest BCUT2D eigenvalue weighted by Crippen LogP contribution is -2.39. The van der Waals surface area contributed by atoms with Crippen molar-refractivity contribution in [3.63, 3.8) is 0 Å². The Morgan fingerprint density at radius 2 is 2.11 bits per heavy atom. The van der Waals surface area contributed by atoms with Gasteiger partial charge < -0.3 is 10.1 Å². The third-order valence-corrected chi connectivity index (χ3v) is 4.13. The van der Waals surface area contributed by atoms with Gasteiger partial charge >= 0.3 is 0 Å². The average molecular weight is 260 g/mol. The van der Waals surface area contributed by atoms with E-state index in [0.717, 1.165) is 30.8 Å². The average Bonchev–Trinajstić information content (AvgIpc) is 2.72. The first-order valence-electron chi connectivity index (χ1n) is 6.59. The highest BCUT2D eigenvalue weighted by Crippen LogP contribution is 2.42. The van der Waals surface area contributed by atoms with Gasteiger partial charge in [-0.1, -0.05) is 18.6 Å². The number of hydrogen-bond donors (Lipinski definition) is 2. The lowest BCUT2D eigenvalue weighted by Gasteiger charge is -2.38. The summed E-state index contributed by atoms with van der Waals surface area (Å²) in [5.41, 5.74) is 1.76. The molecule has 2 aromatic rings. The minimum atomic E-state index is -0.268. The summed E-state index contributed by atoms with van der Waals surface area (Å²) in [6.07, 6.45) is 2.98. The van der Waals surface area contributed by atoms with Crippen LogP contribution in [0.1, 0.15) is 30.8 Å². The maximum atomic E-state index is 13.8. The predicted octanol–water partition coefficient (Wildman–Crippen LogP) is 2.94. The number of rotatable bonds is 3. The molecule has 1 aromatic carbocycles. The third kappa shape index (κ3) is 1.87. The highest BCUT2D eigenvalue weighted by atomic mass is 19.1. The SMILES string of the molecule is Cc1[nH]c(C2(CO)CCC2)nc1-c1ccccc1F. The summed E-state index contributed by atoms with van der Waals surface area (Å²) >= 11 is 0. The number of nitrogens with zero attached hydrogens (tertiary/aromatic N) is 1. The van der Waals surface area contributed by atoms with E-state index in [9.17, 15) is 9.50 Å². The van der Waals surface area contributed by atoms with Gasteiger partial charge in [0.2, 0.25) is 0 Å². The number of hydrogen-bond acceptors (Lipinski definition) is 2. The van der Waals surface area contributed by atoms with Crippen LogP contribution in [-0.2, 0) is 5.41 Å². The van der Waals surface area contributed by atoms with Crippen LogP contribution >= 0.6 is 0 Å². The summed E-state index contributed by atoms with van der Waals surface area (Å²) in [6.45, 7) is 1.98. The largest absolute Gasteiger partial charge is 0.395 e. The van der Waals surface area contributed by atoms with E-state index in [2.05, 4.69) is 9.97 Å². The smallest absolute Gasteiger partial charge is 0.132 e. The number of halogens is 1. The summed E-state index contributed by atoms with van der Waals surface area (Å²) in [6, 6.07) is 6.64. The van der Waals surface area contributed by atoms with Crippen LogP contribution in [0.4, 0.5) is 4.39 Å². The predicted molar refractivity (Wildman–Crippen MR) is 71.3 cm³/mol. The van der Waals surface area contributed by atoms with E-state index in [1.165, 1.54) is 6.07 Å². The fourth-order valence-electron chi connectivity index (χ4n) is 2.70. The Morgan fingerprint density at radius 1 is 1.37 bits per heavy atom. The molecule has 100 valence electrons. The molecule has 3 rings (SSSR count). The van der Waals surface area contributed by atoms with Crippen LogP contribution in [0.5, 0.6) is 0 Å². The number of H-pyrrole nitrogens is 1. The lowest BCUT2D eigenvalue weighted by molar-refractivity contribution is 0.113. The molecule has 1 fully saturated rings. The van der Waals surface area contributed by atoms with E-state index in [-0.39, 0.29) is 17.8 Å². The second kappa shape index (κ2) is 4.46. The van der Waals surface area contributed by atoms with Crippen LogP contribution in [0.3, 0.4) is 0 Å². The zero-order valence-corrected chi connectivity index (χ0v) is 10.9. The number of aliphatic hydroxyl groups excluding tert-OH is 1. The number of aliphatic hydroxyl groups is 1. The maximum Gasteiger partial charge on any atom is 0.132 e. The van der Waals surface area contributed by atoms with Crippen molar-refractivity contribution in [3.05, 3.63) is 41.6 Å². The van der Waals surface area contributed by atoms with Crippen LogP contribution in [0.25, 0.3) is 11.3 Å². The molecule has 0 saturated heterocycles. The van der Waals surface area contributed by atoms with Gasteiger partial charge in [-0.25, -0.2) is 9.37 Å². The van der Waals surface area contributed by atoms with Gasteiger partial charge in [0, 0.05) is 11.3 Å². The minimum absolute atomic E-state index is 0.0939. The van der Waals surface area contributed by atoms with Crippen molar-refractivity contribution in [2.75, 3.05) is 6.61 Å². The van der Waals surface area contributed by atoms with E-state index in [0.29, 0.717) is 11.3 Å². The van der Waals surface area contributed by atoms with Crippen molar-refractivity contribution < 1.29 is 9.50 Å². The molecule has 2 N–H and O–H groups in total. The zero-order valence-electron chi connectivity index (χ0n) is 10.9. The van der Waals surface area contributed by atoms with Crippen LogP contribution in [0, 0.1) is 12.7 Å². The molecule has 1 aromatic heterocycles. The van der Waals surface area contributed by atoms with Crippen molar-refractivity contribution in [1.29, 1.82) is 0 Å². The van der Waals surface area contributed by atoms with Gasteiger partial charge in [0.05, 0.1) is 17.7 Å². The Bertz CT molecular complexity index is 596. The first-order valence-corrected chi connectivity index (χ1v) is 6.59. The van der Waals surface area contributed by atoms with E-state index in [1.54, 1.807) is 18.2 Å². The molecule has 19 heavy (non-hydrogen) atoms. The molecule has 0 unspecified atom stereocenters. The Hall–Kier alpha value is -1.68. The van der Waals surface area contributed by atoms with Gasteiger partial charge in [0.1, 0.15) is 11.6 Å². The molecule has 1 aliphatic carbocycles. The number of aromatic amines is 1. The molecule has 4 heteroatoms. The van der Waals surface area contributed by atoms with Gasteiger partial charge in [-0.15, -0.1) is 0 Å². The number of aryl methyl sites for hydroxylation is 1. The van der Waals surface area contributed by atoms with Crippen molar-refractivity contribution in [3.8, 4) is 11.3 Å². The molecule has 1 heterocycles. The van der Waals surface area contributed by atoms with Gasteiger partial charge in [-0.05, 0) is 31.9 Å². The Kier molecular flexibility index (Phi) is 2.90. The van der Waals surface area contributed by atoms with Crippen LogP contribution < -0.4 is 0 Å². The van der Waals surface area contributed by atoms with Crippen molar-refractivity contribution in [1.82, 2.24) is 9.97 Å². The monoisotopic (exact) mass is 260 g/mol. The van der Waals surface area contributed by atoms with Gasteiger partial charge in [-0.2, -0.15) is 0 Å². The normalized spacial score (nSPS) is 17.2. The van der Waals surface area contributed by atoms with Crippen molar-refractivity contribution >= 4 is 0 Å². The second-order valence-electron chi connectivity index (χ2n) is 5.33. The highest BCUT2D eigenvalue weighted by Gasteiger charge is 2.41. The van der Waals surface area contributed by atoms with E-state index in [4.69, 9.17) is 0 Å². The Morgan fingerprint density at radius 3 is 2.68 bits per heavy atom. The topological polar surface area (TPSA) is 48.9 Å². The highest BCUT2D eigenvalue weighted by molar-refractivity contribution is 5.62. The summed E-state index contributed by atoms with van der Waals surface area (Å²) in [4.78, 5) is 7.78. The molecule has 3 nitrogen and oxygen atoms in total. The standard InChI is InChI=1S/C15H17FN2O/c1-10-13(11-5-2-3-6-12(11)16)18-14(17-10)15(9-19)7-4-8-15/h2-3,5-6,19H,4,7-9H2,1H3,(H,17,18). The maximum absolute atomic E-state index is 13.8. The number of aromatic nitrogens is 2. The lowest BCUT2D eigenvalue weighted by atomic mass is 9.69. The Balaban J connectivity index is 2.05. The molecular formula is C15H17FN2O. The molecule has 0 atom stereocenters. The van der Waals surface area contributed by atoms with Gasteiger partial charge in [-0.3, -0.25) is 0 Å².